The van der Waals surface area contributed by atoms with Crippen LogP contribution in [-0.4, -0.2) is 60.0 Å². The molecule has 2 aliphatic heterocycles. The summed E-state index contributed by atoms with van der Waals surface area (Å²) in [6.45, 7) is 15.5. The molecule has 2 fully saturated rings. The Balaban J connectivity index is 1.47. The van der Waals surface area contributed by atoms with Crippen molar-refractivity contribution >= 4 is 38.8 Å². The number of nitrogens with one attached hydrogen (secondary N) is 1. The third-order valence-electron chi connectivity index (χ3n) is 6.70. The number of aromatic nitrogens is 2. The van der Waals surface area contributed by atoms with Gasteiger partial charge in [-0.15, -0.1) is 11.3 Å². The fraction of sp³-hybridized carbons (Fsp3) is 0.640. The van der Waals surface area contributed by atoms with Crippen LogP contribution in [0.15, 0.2) is 23.5 Å². The number of anilines is 1. The first kappa shape index (κ1) is 23.2. The number of aliphatic imine (C=N–C) groups is 1. The third kappa shape index (κ3) is 5.15. The summed E-state index contributed by atoms with van der Waals surface area (Å²) in [7, 11) is 0. The van der Waals surface area contributed by atoms with E-state index in [0.717, 1.165) is 68.5 Å². The molecule has 0 spiro atoms. The molecule has 4 heterocycles. The highest BCUT2D eigenvalue weighted by molar-refractivity contribution is 7.19. The molecule has 0 atom stereocenters. The summed E-state index contributed by atoms with van der Waals surface area (Å²) in [6, 6.07) is 2.22. The smallest absolute Gasteiger partial charge is 0.130 e. The first-order chi connectivity index (χ1) is 15.5. The van der Waals surface area contributed by atoms with Gasteiger partial charge in [0.05, 0.1) is 10.9 Å². The second-order valence-corrected chi connectivity index (χ2v) is 10.4. The van der Waals surface area contributed by atoms with Gasteiger partial charge in [0.15, 0.2) is 0 Å². The molecule has 2 saturated heterocycles. The molecule has 0 radical (unpaired) electrons. The van der Waals surface area contributed by atoms with Crippen LogP contribution in [0, 0.1) is 5.41 Å². The van der Waals surface area contributed by atoms with E-state index in [4.69, 9.17) is 15.0 Å². The average Bonchev–Trinajstić information content (AvgIpc) is 3.44. The summed E-state index contributed by atoms with van der Waals surface area (Å²) < 4.78 is 1.21. The largest absolute Gasteiger partial charge is 0.360 e. The monoisotopic (exact) mass is 454 g/mol. The highest BCUT2D eigenvalue weighted by Gasteiger charge is 2.38. The number of hydrogen-bond acceptors (Lipinski definition) is 6. The molecule has 2 aromatic heterocycles. The molecule has 0 aliphatic carbocycles. The molecule has 4 rings (SSSR count). The minimum Gasteiger partial charge on any atom is -0.360 e. The van der Waals surface area contributed by atoms with Crippen molar-refractivity contribution in [3.63, 3.8) is 0 Å². The Hall–Kier alpha value is -1.99. The SMILES string of the molecule is CCNCCC1(C)CN(c2cc3sc(/C(=C/N=C(CC)N4CCCC4)CC)nc3cn2)C1. The van der Waals surface area contributed by atoms with Gasteiger partial charge >= 0.3 is 0 Å². The summed E-state index contributed by atoms with van der Waals surface area (Å²) in [4.78, 5) is 19.3. The topological polar surface area (TPSA) is 56.6 Å². The van der Waals surface area contributed by atoms with Crippen molar-refractivity contribution in [2.24, 2.45) is 10.4 Å². The summed E-state index contributed by atoms with van der Waals surface area (Å²) in [6.07, 6.45) is 9.67. The van der Waals surface area contributed by atoms with Crippen molar-refractivity contribution < 1.29 is 0 Å². The second-order valence-electron chi connectivity index (χ2n) is 9.40. The van der Waals surface area contributed by atoms with Crippen LogP contribution in [0.3, 0.4) is 0 Å². The van der Waals surface area contributed by atoms with Crippen LogP contribution in [0.4, 0.5) is 5.82 Å². The Morgan fingerprint density at radius 1 is 1.22 bits per heavy atom. The van der Waals surface area contributed by atoms with E-state index in [1.807, 2.05) is 6.20 Å². The zero-order valence-electron chi connectivity index (χ0n) is 20.2. The minimum absolute atomic E-state index is 0.389. The van der Waals surface area contributed by atoms with E-state index in [0.29, 0.717) is 5.41 Å². The van der Waals surface area contributed by atoms with Crippen molar-refractivity contribution in [3.05, 3.63) is 23.5 Å². The Kier molecular flexibility index (Phi) is 7.46. The van der Waals surface area contributed by atoms with Crippen LogP contribution < -0.4 is 10.2 Å². The predicted octanol–water partition coefficient (Wildman–Crippen LogP) is 5.17. The minimum atomic E-state index is 0.389. The third-order valence-corrected chi connectivity index (χ3v) is 7.79. The van der Waals surface area contributed by atoms with E-state index in [1.54, 1.807) is 11.3 Å². The Bertz CT molecular complexity index is 966. The van der Waals surface area contributed by atoms with E-state index in [9.17, 15) is 0 Å². The molecule has 0 unspecified atom stereocenters. The quantitative estimate of drug-likeness (QED) is 0.322. The van der Waals surface area contributed by atoms with Gasteiger partial charge in [-0.3, -0.25) is 0 Å². The number of allylic oxidation sites excluding steroid dienone is 1. The van der Waals surface area contributed by atoms with Gasteiger partial charge in [-0.25, -0.2) is 15.0 Å². The Morgan fingerprint density at radius 3 is 2.69 bits per heavy atom. The number of hydrogen-bond donors (Lipinski definition) is 1. The maximum absolute atomic E-state index is 4.89. The molecule has 0 bridgehead atoms. The van der Waals surface area contributed by atoms with Crippen molar-refractivity contribution in [1.82, 2.24) is 20.2 Å². The van der Waals surface area contributed by atoms with Crippen LogP contribution >= 0.6 is 11.3 Å². The lowest BCUT2D eigenvalue weighted by molar-refractivity contribution is 0.220. The van der Waals surface area contributed by atoms with E-state index in [1.165, 1.54) is 35.4 Å². The number of rotatable bonds is 9. The summed E-state index contributed by atoms with van der Waals surface area (Å²) in [5.41, 5.74) is 2.58. The van der Waals surface area contributed by atoms with Crippen molar-refractivity contribution in [1.29, 1.82) is 0 Å². The number of fused-ring (bicyclic) bond motifs is 1. The van der Waals surface area contributed by atoms with Crippen LogP contribution in [0.5, 0.6) is 0 Å². The normalized spacial score (nSPS) is 19.1. The van der Waals surface area contributed by atoms with Gasteiger partial charge in [0.1, 0.15) is 22.2 Å². The van der Waals surface area contributed by atoms with Crippen molar-refractivity contribution in [2.45, 2.75) is 59.8 Å². The van der Waals surface area contributed by atoms with E-state index < -0.39 is 0 Å². The average molecular weight is 455 g/mol. The second kappa shape index (κ2) is 10.3. The lowest BCUT2D eigenvalue weighted by Crippen LogP contribution is -2.56. The number of pyridine rings is 1. The predicted molar refractivity (Wildman–Crippen MR) is 138 cm³/mol. The molecule has 2 aromatic rings. The van der Waals surface area contributed by atoms with E-state index >= 15 is 0 Å². The standard InChI is InChI=1S/C25H38N6S/c1-5-19(15-27-22(6-2)30-12-8-9-13-30)24-29-20-16-28-23(14-21(20)32-24)31-17-25(4,18-31)10-11-26-7-3/h14-16,26H,5-13,17-18H2,1-4H3/b19-15+,27-22?. The zero-order chi connectivity index (χ0) is 22.6. The van der Waals surface area contributed by atoms with Gasteiger partial charge in [-0.1, -0.05) is 27.7 Å². The molecule has 1 N–H and O–H groups in total. The van der Waals surface area contributed by atoms with E-state index in [2.05, 4.69) is 55.1 Å². The van der Waals surface area contributed by atoms with Gasteiger partial charge < -0.3 is 15.1 Å². The molecule has 2 aliphatic rings. The van der Waals surface area contributed by atoms with Crippen LogP contribution in [0.25, 0.3) is 15.8 Å². The molecule has 7 heteroatoms. The number of thiazole rings is 1. The molecule has 32 heavy (non-hydrogen) atoms. The molecular formula is C25H38N6S. The van der Waals surface area contributed by atoms with Crippen LogP contribution in [-0.2, 0) is 0 Å². The summed E-state index contributed by atoms with van der Waals surface area (Å²) in [5, 5.41) is 4.52. The first-order valence-corrected chi connectivity index (χ1v) is 13.1. The van der Waals surface area contributed by atoms with Crippen LogP contribution in [0.2, 0.25) is 0 Å². The maximum atomic E-state index is 4.89. The van der Waals surface area contributed by atoms with Crippen molar-refractivity contribution in [3.8, 4) is 0 Å². The summed E-state index contributed by atoms with van der Waals surface area (Å²) in [5.74, 6) is 2.28. The molecule has 0 saturated carbocycles. The van der Waals surface area contributed by atoms with Crippen molar-refractivity contribution in [2.75, 3.05) is 44.2 Å². The van der Waals surface area contributed by atoms with Gasteiger partial charge in [0.2, 0.25) is 0 Å². The Morgan fingerprint density at radius 2 is 2.00 bits per heavy atom. The lowest BCUT2D eigenvalue weighted by atomic mass is 9.79. The zero-order valence-corrected chi connectivity index (χ0v) is 21.0. The number of nitrogens with zero attached hydrogens (tertiary/aromatic N) is 5. The van der Waals surface area contributed by atoms with Gasteiger partial charge in [0.25, 0.3) is 0 Å². The molecular weight excluding hydrogens is 416 g/mol. The van der Waals surface area contributed by atoms with Crippen LogP contribution in [0.1, 0.15) is 64.8 Å². The first-order valence-electron chi connectivity index (χ1n) is 12.3. The number of amidine groups is 1. The van der Waals surface area contributed by atoms with E-state index in [-0.39, 0.29) is 0 Å². The molecule has 6 nitrogen and oxygen atoms in total. The fourth-order valence-electron chi connectivity index (χ4n) is 4.72. The molecule has 0 aromatic carbocycles. The Labute approximate surface area is 196 Å². The molecule has 174 valence electrons. The highest BCUT2D eigenvalue weighted by atomic mass is 32.1. The fourth-order valence-corrected chi connectivity index (χ4v) is 5.76. The summed E-state index contributed by atoms with van der Waals surface area (Å²) >= 11 is 1.77. The highest BCUT2D eigenvalue weighted by Crippen LogP contribution is 2.37. The lowest BCUT2D eigenvalue weighted by Gasteiger charge is -2.49. The van der Waals surface area contributed by atoms with Gasteiger partial charge in [0, 0.05) is 55.9 Å². The molecule has 0 amide bonds. The number of likely N-dealkylation sites (tertiary alicyclic amines) is 1. The van der Waals surface area contributed by atoms with Gasteiger partial charge in [-0.2, -0.15) is 0 Å². The maximum Gasteiger partial charge on any atom is 0.130 e. The van der Waals surface area contributed by atoms with Gasteiger partial charge in [-0.05, 0) is 38.8 Å².